The Hall–Kier alpha value is -1.43. The zero-order valence-corrected chi connectivity index (χ0v) is 6.70. The number of carbonyl (C=O) groups is 1. The number of nitrogens with one attached hydrogen (secondary N) is 2. The van der Waals surface area contributed by atoms with E-state index in [9.17, 15) is 10.0 Å². The first-order valence-electron chi connectivity index (χ1n) is 3.83. The van der Waals surface area contributed by atoms with Gasteiger partial charge in [-0.2, -0.15) is 5.23 Å². The molecule has 68 valence electrons. The van der Waals surface area contributed by atoms with Crippen molar-refractivity contribution in [3.63, 3.8) is 0 Å². The van der Waals surface area contributed by atoms with Crippen LogP contribution in [0.3, 0.4) is 0 Å². The lowest BCUT2D eigenvalue weighted by Crippen LogP contribution is -2.99. The van der Waals surface area contributed by atoms with Gasteiger partial charge in [0.05, 0.1) is 6.42 Å². The molecule has 2 rings (SSSR count). The molecule has 5 heteroatoms. The van der Waals surface area contributed by atoms with Gasteiger partial charge >= 0.3 is 0 Å². The predicted molar refractivity (Wildman–Crippen MR) is 44.6 cm³/mol. The van der Waals surface area contributed by atoms with E-state index in [-0.39, 0.29) is 18.0 Å². The number of fused-ring (bicyclic) bond motifs is 1. The van der Waals surface area contributed by atoms with E-state index in [4.69, 9.17) is 5.21 Å². The van der Waals surface area contributed by atoms with Gasteiger partial charge in [-0.3, -0.25) is 4.79 Å². The summed E-state index contributed by atoms with van der Waals surface area (Å²) in [4.78, 5) is 10.9. The lowest BCUT2D eigenvalue weighted by atomic mass is 10.1. The van der Waals surface area contributed by atoms with Crippen molar-refractivity contribution in [3.05, 3.63) is 29.0 Å². The van der Waals surface area contributed by atoms with Crippen molar-refractivity contribution >= 4 is 17.3 Å². The van der Waals surface area contributed by atoms with Gasteiger partial charge in [0.25, 0.3) is 0 Å². The number of carbonyl (C=O) groups excluding carboxylic acids is 1. The average Bonchev–Trinajstić information content (AvgIpc) is 2.42. The van der Waals surface area contributed by atoms with Crippen LogP contribution in [0, 0.1) is 5.21 Å². The second-order valence-corrected chi connectivity index (χ2v) is 2.90. The highest BCUT2D eigenvalue weighted by molar-refractivity contribution is 5.99. The molecule has 0 aromatic heterocycles. The Morgan fingerprint density at radius 2 is 2.31 bits per heavy atom. The first-order chi connectivity index (χ1) is 6.16. The minimum Gasteiger partial charge on any atom is -0.595 e. The molecule has 1 atom stereocenters. The monoisotopic (exact) mass is 180 g/mol. The van der Waals surface area contributed by atoms with Gasteiger partial charge in [0.1, 0.15) is 0 Å². The highest BCUT2D eigenvalue weighted by atomic mass is 16.8. The quantitative estimate of drug-likeness (QED) is 0.514. The van der Waals surface area contributed by atoms with Crippen molar-refractivity contribution < 1.29 is 15.2 Å². The number of hydrogen-bond donors (Lipinski definition) is 3. The smallest absolute Gasteiger partial charge is 0.228 e. The molecule has 13 heavy (non-hydrogen) atoms. The third-order valence-electron chi connectivity index (χ3n) is 1.98. The number of hydrogen-bond acceptors (Lipinski definition) is 3. The summed E-state index contributed by atoms with van der Waals surface area (Å²) in [6, 6.07) is 4.62. The van der Waals surface area contributed by atoms with Crippen LogP contribution in [0.4, 0.5) is 11.4 Å². The molecule has 1 heterocycles. The van der Waals surface area contributed by atoms with E-state index in [2.05, 4.69) is 5.32 Å². The Morgan fingerprint density at radius 3 is 3.00 bits per heavy atom. The molecule has 0 saturated heterocycles. The highest BCUT2D eigenvalue weighted by Crippen LogP contribution is 2.24. The minimum absolute atomic E-state index is 0.0856. The zero-order chi connectivity index (χ0) is 9.42. The third kappa shape index (κ3) is 1.40. The summed E-state index contributed by atoms with van der Waals surface area (Å²) in [6.07, 6.45) is 0.274. The zero-order valence-electron chi connectivity index (χ0n) is 6.70. The largest absolute Gasteiger partial charge is 0.595 e. The van der Waals surface area contributed by atoms with E-state index in [0.29, 0.717) is 0 Å². The van der Waals surface area contributed by atoms with Gasteiger partial charge in [-0.15, -0.1) is 0 Å². The van der Waals surface area contributed by atoms with Gasteiger partial charge in [-0.1, -0.05) is 0 Å². The van der Waals surface area contributed by atoms with Crippen LogP contribution < -0.4 is 10.5 Å². The molecule has 0 fully saturated rings. The molecule has 1 aliphatic heterocycles. The van der Waals surface area contributed by atoms with Crippen LogP contribution in [0.1, 0.15) is 5.56 Å². The number of amides is 1. The van der Waals surface area contributed by atoms with Gasteiger partial charge in [-0.05, 0) is 11.6 Å². The summed E-state index contributed by atoms with van der Waals surface area (Å²) in [5.74, 6) is -0.0856. The first-order valence-corrected chi connectivity index (χ1v) is 3.83. The van der Waals surface area contributed by atoms with Crippen LogP contribution in [-0.4, -0.2) is 11.1 Å². The molecule has 0 radical (unpaired) electrons. The predicted octanol–water partition coefficient (Wildman–Crippen LogP) is -0.415. The van der Waals surface area contributed by atoms with Crippen molar-refractivity contribution in [2.45, 2.75) is 6.42 Å². The fraction of sp³-hybridized carbons (Fsp3) is 0.125. The van der Waals surface area contributed by atoms with Gasteiger partial charge in [0, 0.05) is 17.8 Å². The molecule has 3 N–H and O–H groups in total. The second-order valence-electron chi connectivity index (χ2n) is 2.90. The fourth-order valence-corrected chi connectivity index (χ4v) is 1.36. The molecule has 5 nitrogen and oxygen atoms in total. The highest BCUT2D eigenvalue weighted by Gasteiger charge is 2.18. The Balaban J connectivity index is 2.40. The maximum Gasteiger partial charge on any atom is 0.228 e. The fourth-order valence-electron chi connectivity index (χ4n) is 1.36. The van der Waals surface area contributed by atoms with Crippen LogP contribution in [-0.2, 0) is 11.2 Å². The van der Waals surface area contributed by atoms with Crippen molar-refractivity contribution in [1.29, 1.82) is 0 Å². The first kappa shape index (κ1) is 8.18. The molecule has 0 aliphatic carbocycles. The summed E-state index contributed by atoms with van der Waals surface area (Å²) in [6.45, 7) is 0. The number of anilines is 1. The second kappa shape index (κ2) is 2.81. The van der Waals surface area contributed by atoms with E-state index in [1.54, 1.807) is 6.07 Å². The lowest BCUT2D eigenvalue weighted by Gasteiger charge is -2.11. The summed E-state index contributed by atoms with van der Waals surface area (Å²) in [5, 5.41) is 20.9. The standard InChI is InChI=1S/C8H8N2O3/c11-8-4-5-3-6(10(12)13)1-2-7(5)9-8/h1-3,10,12H,4H2,(H,9,11). The molecule has 1 aliphatic rings. The molecule has 0 saturated carbocycles. The molecular formula is C8H8N2O3. The van der Waals surface area contributed by atoms with E-state index < -0.39 is 5.23 Å². The van der Waals surface area contributed by atoms with Gasteiger partial charge in [0.2, 0.25) is 5.91 Å². The Kier molecular flexibility index (Phi) is 1.77. The topological polar surface area (TPSA) is 76.8 Å². The number of benzene rings is 1. The normalized spacial score (nSPS) is 16.6. The maximum absolute atomic E-state index is 10.9. The molecule has 0 spiro atoms. The van der Waals surface area contributed by atoms with Gasteiger partial charge < -0.3 is 10.5 Å². The molecule has 1 aromatic carbocycles. The van der Waals surface area contributed by atoms with Crippen LogP contribution in [0.2, 0.25) is 0 Å². The van der Waals surface area contributed by atoms with Crippen molar-refractivity contribution in [1.82, 2.24) is 0 Å². The SMILES string of the molecule is O=C1Cc2cc([NH+]([O-])O)ccc2N1. The van der Waals surface area contributed by atoms with Crippen LogP contribution in [0.5, 0.6) is 0 Å². The van der Waals surface area contributed by atoms with Crippen molar-refractivity contribution in [3.8, 4) is 0 Å². The maximum atomic E-state index is 10.9. The van der Waals surface area contributed by atoms with E-state index in [0.717, 1.165) is 11.3 Å². The summed E-state index contributed by atoms with van der Waals surface area (Å²) in [7, 11) is 0. The van der Waals surface area contributed by atoms with Crippen molar-refractivity contribution in [2.24, 2.45) is 0 Å². The van der Waals surface area contributed by atoms with Crippen molar-refractivity contribution in [2.75, 3.05) is 5.32 Å². The summed E-state index contributed by atoms with van der Waals surface area (Å²) < 4.78 is 0. The van der Waals surface area contributed by atoms with E-state index in [1.807, 2.05) is 0 Å². The van der Waals surface area contributed by atoms with E-state index >= 15 is 0 Å². The summed E-state index contributed by atoms with van der Waals surface area (Å²) >= 11 is 0. The molecule has 1 unspecified atom stereocenters. The van der Waals surface area contributed by atoms with E-state index in [1.165, 1.54) is 12.1 Å². The number of quaternary nitrogens is 1. The van der Waals surface area contributed by atoms with Gasteiger partial charge in [-0.25, -0.2) is 5.21 Å². The Morgan fingerprint density at radius 1 is 1.54 bits per heavy atom. The lowest BCUT2D eigenvalue weighted by molar-refractivity contribution is -0.991. The van der Waals surface area contributed by atoms with Crippen LogP contribution in [0.25, 0.3) is 0 Å². The Labute approximate surface area is 74.1 Å². The minimum atomic E-state index is -0.970. The molecule has 1 amide bonds. The molecule has 0 bridgehead atoms. The molecule has 1 aromatic rings. The van der Waals surface area contributed by atoms with Gasteiger partial charge in [0.15, 0.2) is 5.69 Å². The Bertz CT molecular complexity index is 362. The van der Waals surface area contributed by atoms with Crippen LogP contribution in [0.15, 0.2) is 18.2 Å². The number of rotatable bonds is 1. The summed E-state index contributed by atoms with van der Waals surface area (Å²) in [5.41, 5.74) is 1.69. The third-order valence-corrected chi connectivity index (χ3v) is 1.98. The average molecular weight is 180 g/mol. The molecular weight excluding hydrogens is 172 g/mol. The van der Waals surface area contributed by atoms with Crippen LogP contribution >= 0.6 is 0 Å².